The van der Waals surface area contributed by atoms with Gasteiger partial charge in [-0.25, -0.2) is 4.79 Å². The highest BCUT2D eigenvalue weighted by molar-refractivity contribution is 5.94. The van der Waals surface area contributed by atoms with Gasteiger partial charge in [-0.2, -0.15) is 0 Å². The molecule has 13 heteroatoms. The van der Waals surface area contributed by atoms with Crippen LogP contribution >= 0.6 is 0 Å². The fraction of sp³-hybridized carbons (Fsp3) is 0.750. The van der Waals surface area contributed by atoms with Crippen LogP contribution in [-0.2, 0) is 24.0 Å². The van der Waals surface area contributed by atoms with E-state index in [-0.39, 0.29) is 19.3 Å². The van der Waals surface area contributed by atoms with Gasteiger partial charge in [0.25, 0.3) is 0 Å². The summed E-state index contributed by atoms with van der Waals surface area (Å²) in [5.74, 6) is -3.99. The van der Waals surface area contributed by atoms with E-state index in [0.717, 1.165) is 6.42 Å². The fourth-order valence-electron chi connectivity index (χ4n) is 3.41. The predicted octanol–water partition coefficient (Wildman–Crippen LogP) is -2.95. The third-order valence-corrected chi connectivity index (χ3v) is 5.32. The van der Waals surface area contributed by atoms with Crippen LogP contribution in [0.4, 0.5) is 0 Å². The molecule has 0 aromatic heterocycles. The molecule has 0 radical (unpaired) electrons. The number of aliphatic hydroxyl groups excluding tert-OH is 1. The number of hydrogen-bond donors (Lipinski definition) is 8. The SMILES string of the molecule is CC(O)C(NC(=O)C(CCCCN)NC(=O)C(CCC(N)=O)NC(=O)C1CCCN1)C(=O)O. The molecule has 5 atom stereocenters. The molecular weight excluding hydrogens is 436 g/mol. The van der Waals surface area contributed by atoms with Crippen molar-refractivity contribution >= 4 is 29.6 Å². The van der Waals surface area contributed by atoms with Gasteiger partial charge in [-0.1, -0.05) is 0 Å². The summed E-state index contributed by atoms with van der Waals surface area (Å²) < 4.78 is 0. The monoisotopic (exact) mass is 472 g/mol. The lowest BCUT2D eigenvalue weighted by Gasteiger charge is -2.25. The summed E-state index contributed by atoms with van der Waals surface area (Å²) in [7, 11) is 0. The molecule has 0 bridgehead atoms. The highest BCUT2D eigenvalue weighted by Gasteiger charge is 2.32. The van der Waals surface area contributed by atoms with Gasteiger partial charge in [0.2, 0.25) is 23.6 Å². The van der Waals surface area contributed by atoms with E-state index in [0.29, 0.717) is 32.4 Å². The molecule has 0 saturated carbocycles. The predicted molar refractivity (Wildman–Crippen MR) is 117 cm³/mol. The van der Waals surface area contributed by atoms with E-state index < -0.39 is 59.9 Å². The zero-order valence-corrected chi connectivity index (χ0v) is 18.8. The van der Waals surface area contributed by atoms with Crippen LogP contribution in [0.5, 0.6) is 0 Å². The molecule has 1 aliphatic rings. The van der Waals surface area contributed by atoms with Gasteiger partial charge in [-0.3, -0.25) is 19.2 Å². The second-order valence-electron chi connectivity index (χ2n) is 8.13. The zero-order valence-electron chi connectivity index (χ0n) is 18.8. The summed E-state index contributed by atoms with van der Waals surface area (Å²) >= 11 is 0. The van der Waals surface area contributed by atoms with Crippen molar-refractivity contribution in [3.8, 4) is 0 Å². The number of carbonyl (C=O) groups excluding carboxylic acids is 4. The largest absolute Gasteiger partial charge is 0.480 e. The van der Waals surface area contributed by atoms with Gasteiger partial charge in [-0.05, 0) is 58.5 Å². The van der Waals surface area contributed by atoms with E-state index in [2.05, 4.69) is 21.3 Å². The Morgan fingerprint density at radius 1 is 1.03 bits per heavy atom. The Balaban J connectivity index is 2.93. The van der Waals surface area contributed by atoms with E-state index in [4.69, 9.17) is 11.5 Å². The molecule has 1 fully saturated rings. The fourth-order valence-corrected chi connectivity index (χ4v) is 3.41. The Morgan fingerprint density at radius 3 is 2.18 bits per heavy atom. The normalized spacial score (nSPS) is 19.1. The second-order valence-corrected chi connectivity index (χ2v) is 8.13. The van der Waals surface area contributed by atoms with Gasteiger partial charge in [0, 0.05) is 6.42 Å². The van der Waals surface area contributed by atoms with E-state index in [9.17, 15) is 34.2 Å². The maximum absolute atomic E-state index is 12.9. The molecule has 1 rings (SSSR count). The lowest BCUT2D eigenvalue weighted by Crippen LogP contribution is -2.58. The molecule has 0 spiro atoms. The molecule has 13 nitrogen and oxygen atoms in total. The van der Waals surface area contributed by atoms with E-state index in [1.54, 1.807) is 0 Å². The number of carboxylic acid groups (broad SMARTS) is 1. The first-order valence-corrected chi connectivity index (χ1v) is 11.1. The Morgan fingerprint density at radius 2 is 1.67 bits per heavy atom. The van der Waals surface area contributed by atoms with Crippen molar-refractivity contribution in [1.82, 2.24) is 21.3 Å². The maximum Gasteiger partial charge on any atom is 0.328 e. The number of aliphatic hydroxyl groups is 1. The molecule has 0 aliphatic carbocycles. The Hall–Kier alpha value is -2.77. The molecule has 0 aromatic carbocycles. The molecule has 10 N–H and O–H groups in total. The van der Waals surface area contributed by atoms with Crippen molar-refractivity contribution in [3.05, 3.63) is 0 Å². The van der Waals surface area contributed by atoms with Crippen molar-refractivity contribution in [2.24, 2.45) is 11.5 Å². The van der Waals surface area contributed by atoms with Gasteiger partial charge >= 0.3 is 5.97 Å². The number of amides is 4. The van der Waals surface area contributed by atoms with Gasteiger partial charge in [0.1, 0.15) is 12.1 Å². The van der Waals surface area contributed by atoms with Crippen LogP contribution in [0.1, 0.15) is 51.9 Å². The number of carbonyl (C=O) groups is 5. The highest BCUT2D eigenvalue weighted by atomic mass is 16.4. The second kappa shape index (κ2) is 14.4. The Bertz CT molecular complexity index is 696. The van der Waals surface area contributed by atoms with Crippen LogP contribution in [0.15, 0.2) is 0 Å². The van der Waals surface area contributed by atoms with Crippen molar-refractivity contribution in [3.63, 3.8) is 0 Å². The molecule has 1 aliphatic heterocycles. The van der Waals surface area contributed by atoms with Gasteiger partial charge in [0.05, 0.1) is 12.1 Å². The standard InChI is InChI=1S/C20H36N6O7/c1-11(27)16(20(32)33)26-19(31)13(5-2-3-9-21)24-18(30)14(7-8-15(22)28)25-17(29)12-6-4-10-23-12/h11-14,16,23,27H,2-10,21H2,1H3,(H2,22,28)(H,24,30)(H,25,29)(H,26,31)(H,32,33). The smallest absolute Gasteiger partial charge is 0.328 e. The lowest BCUT2D eigenvalue weighted by molar-refractivity contribution is -0.145. The molecule has 5 unspecified atom stereocenters. The topological polar surface area (TPSA) is 226 Å². The first-order chi connectivity index (χ1) is 15.6. The third kappa shape index (κ3) is 10.1. The molecular formula is C20H36N6O7. The third-order valence-electron chi connectivity index (χ3n) is 5.32. The number of rotatable bonds is 15. The number of aliphatic carboxylic acids is 1. The average Bonchev–Trinajstić information content (AvgIpc) is 3.28. The molecule has 1 heterocycles. The number of primary amides is 1. The summed E-state index contributed by atoms with van der Waals surface area (Å²) in [6.45, 7) is 2.25. The summed E-state index contributed by atoms with van der Waals surface area (Å²) in [4.78, 5) is 60.7. The number of nitrogens with one attached hydrogen (secondary N) is 4. The van der Waals surface area contributed by atoms with Crippen LogP contribution < -0.4 is 32.7 Å². The first kappa shape index (κ1) is 28.3. The van der Waals surface area contributed by atoms with Crippen LogP contribution in [-0.4, -0.2) is 83.2 Å². The van der Waals surface area contributed by atoms with Crippen molar-refractivity contribution < 1.29 is 34.2 Å². The Kier molecular flexibility index (Phi) is 12.3. The zero-order chi connectivity index (χ0) is 25.0. The van der Waals surface area contributed by atoms with E-state index >= 15 is 0 Å². The van der Waals surface area contributed by atoms with Gasteiger partial charge in [0.15, 0.2) is 6.04 Å². The maximum atomic E-state index is 12.9. The van der Waals surface area contributed by atoms with E-state index in [1.165, 1.54) is 6.92 Å². The Labute approximate surface area is 192 Å². The number of nitrogens with two attached hydrogens (primary N) is 2. The lowest BCUT2D eigenvalue weighted by atomic mass is 10.0. The molecule has 4 amide bonds. The summed E-state index contributed by atoms with van der Waals surface area (Å²) in [6, 6.07) is -4.28. The number of carboxylic acids is 1. The molecule has 1 saturated heterocycles. The highest BCUT2D eigenvalue weighted by Crippen LogP contribution is 2.08. The minimum absolute atomic E-state index is 0.0673. The first-order valence-electron chi connectivity index (χ1n) is 11.1. The quantitative estimate of drug-likeness (QED) is 0.114. The minimum atomic E-state index is -1.56. The van der Waals surface area contributed by atoms with Crippen LogP contribution in [0.3, 0.4) is 0 Å². The number of unbranched alkanes of at least 4 members (excludes halogenated alkanes) is 1. The minimum Gasteiger partial charge on any atom is -0.480 e. The average molecular weight is 473 g/mol. The summed E-state index contributed by atoms with van der Waals surface area (Å²) in [5, 5.41) is 29.2. The summed E-state index contributed by atoms with van der Waals surface area (Å²) in [5.41, 5.74) is 10.7. The molecule has 188 valence electrons. The van der Waals surface area contributed by atoms with Crippen molar-refractivity contribution in [1.29, 1.82) is 0 Å². The van der Waals surface area contributed by atoms with Crippen molar-refractivity contribution in [2.45, 2.75) is 82.1 Å². The van der Waals surface area contributed by atoms with Crippen LogP contribution in [0.25, 0.3) is 0 Å². The van der Waals surface area contributed by atoms with Crippen LogP contribution in [0.2, 0.25) is 0 Å². The van der Waals surface area contributed by atoms with Gasteiger partial charge in [-0.15, -0.1) is 0 Å². The number of hydrogen-bond acceptors (Lipinski definition) is 8. The van der Waals surface area contributed by atoms with Crippen molar-refractivity contribution in [2.75, 3.05) is 13.1 Å². The molecule has 0 aromatic rings. The van der Waals surface area contributed by atoms with E-state index in [1.807, 2.05) is 0 Å². The summed E-state index contributed by atoms with van der Waals surface area (Å²) in [6.07, 6.45) is 1.00. The molecule has 33 heavy (non-hydrogen) atoms. The van der Waals surface area contributed by atoms with Crippen LogP contribution in [0, 0.1) is 0 Å². The van der Waals surface area contributed by atoms with Gasteiger partial charge < -0.3 is 42.9 Å².